The van der Waals surface area contributed by atoms with Gasteiger partial charge in [0, 0.05) is 23.7 Å². The van der Waals surface area contributed by atoms with Gasteiger partial charge in [-0.2, -0.15) is 0 Å². The minimum atomic E-state index is -3.05. The van der Waals surface area contributed by atoms with E-state index in [1.54, 1.807) is 23.1 Å². The van der Waals surface area contributed by atoms with Crippen LogP contribution in [-0.2, 0) is 14.6 Å². The summed E-state index contributed by atoms with van der Waals surface area (Å²) in [5, 5.41) is 0.835. The summed E-state index contributed by atoms with van der Waals surface area (Å²) in [5.41, 5.74) is 0. The molecule has 1 atom stereocenters. The Morgan fingerprint density at radius 2 is 2.12 bits per heavy atom. The number of ether oxygens (including phenoxy) is 1. The van der Waals surface area contributed by atoms with E-state index < -0.39 is 9.84 Å². The molecule has 1 saturated heterocycles. The van der Waals surface area contributed by atoms with E-state index in [9.17, 15) is 13.2 Å². The van der Waals surface area contributed by atoms with Gasteiger partial charge in [-0.3, -0.25) is 4.79 Å². The fourth-order valence-corrected chi connectivity index (χ4v) is 4.74. The molecule has 8 heteroatoms. The molecule has 0 saturated carbocycles. The minimum absolute atomic E-state index is 0.0282. The van der Waals surface area contributed by atoms with Crippen LogP contribution >= 0.6 is 23.2 Å². The first kappa shape index (κ1) is 19.3. The van der Waals surface area contributed by atoms with E-state index in [1.165, 1.54) is 0 Å². The third kappa shape index (κ3) is 5.26. The van der Waals surface area contributed by atoms with Gasteiger partial charge in [0.05, 0.1) is 16.5 Å². The number of nitrogens with zero attached hydrogens (tertiary/aromatic N) is 1. The lowest BCUT2D eigenvalue weighted by Gasteiger charge is -2.28. The zero-order valence-corrected chi connectivity index (χ0v) is 15.8. The maximum absolute atomic E-state index is 12.5. The van der Waals surface area contributed by atoms with Crippen LogP contribution in [0, 0.1) is 0 Å². The number of hydrogen-bond acceptors (Lipinski definition) is 4. The summed E-state index contributed by atoms with van der Waals surface area (Å²) >= 11 is 11.9. The highest BCUT2D eigenvalue weighted by atomic mass is 35.5. The minimum Gasteiger partial charge on any atom is -0.482 e. The first-order valence-corrected chi connectivity index (χ1v) is 10.5. The highest BCUT2D eigenvalue weighted by Crippen LogP contribution is 2.28. The number of carbonyl (C=O) groups excluding carboxylic acids is 1. The molecule has 2 rings (SSSR count). The molecule has 1 amide bonds. The molecule has 5 nitrogen and oxygen atoms in total. The molecule has 0 N–H and O–H groups in total. The van der Waals surface area contributed by atoms with Crippen LogP contribution in [0.15, 0.2) is 18.2 Å². The van der Waals surface area contributed by atoms with Crippen molar-refractivity contribution in [3.05, 3.63) is 28.2 Å². The zero-order valence-electron chi connectivity index (χ0n) is 13.5. The number of hydrogen-bond donors (Lipinski definition) is 0. The molecular formula is C16H21Cl2NO4S. The number of unbranched alkanes of at least 4 members (excludes halogenated alkanes) is 1. The van der Waals surface area contributed by atoms with Crippen LogP contribution in [0.2, 0.25) is 10.0 Å². The van der Waals surface area contributed by atoms with E-state index in [0.717, 1.165) is 12.8 Å². The Morgan fingerprint density at radius 3 is 2.75 bits per heavy atom. The summed E-state index contributed by atoms with van der Waals surface area (Å²) in [6.07, 6.45) is 2.22. The van der Waals surface area contributed by atoms with E-state index in [1.807, 2.05) is 6.92 Å². The standard InChI is InChI=1S/C16H21Cl2NO4S/c1-2-3-7-19(13-6-8-24(21,22)11-13)16(20)10-23-15-9-12(17)4-5-14(15)18/h4-5,9,13H,2-3,6-8,10-11H2,1H3. The van der Waals surface area contributed by atoms with Gasteiger partial charge in [-0.1, -0.05) is 36.5 Å². The summed E-state index contributed by atoms with van der Waals surface area (Å²) in [6.45, 7) is 2.36. The average molecular weight is 394 g/mol. The largest absolute Gasteiger partial charge is 0.482 e. The van der Waals surface area contributed by atoms with Crippen LogP contribution in [0.4, 0.5) is 0 Å². The maximum atomic E-state index is 12.5. The fraction of sp³-hybridized carbons (Fsp3) is 0.562. The fourth-order valence-electron chi connectivity index (χ4n) is 2.67. The predicted molar refractivity (Wildman–Crippen MR) is 95.6 cm³/mol. The van der Waals surface area contributed by atoms with Gasteiger partial charge in [0.15, 0.2) is 16.4 Å². The second-order valence-electron chi connectivity index (χ2n) is 5.86. The van der Waals surface area contributed by atoms with Crippen molar-refractivity contribution in [2.24, 2.45) is 0 Å². The van der Waals surface area contributed by atoms with Crippen molar-refractivity contribution in [1.82, 2.24) is 4.90 Å². The molecule has 0 aromatic heterocycles. The SMILES string of the molecule is CCCCN(C(=O)COc1cc(Cl)ccc1Cl)C1CCS(=O)(=O)C1. The molecule has 1 aliphatic heterocycles. The maximum Gasteiger partial charge on any atom is 0.260 e. The third-order valence-electron chi connectivity index (χ3n) is 3.97. The van der Waals surface area contributed by atoms with Crippen molar-refractivity contribution in [2.45, 2.75) is 32.2 Å². The van der Waals surface area contributed by atoms with E-state index in [-0.39, 0.29) is 30.1 Å². The Kier molecular flexibility index (Phi) is 6.78. The zero-order chi connectivity index (χ0) is 17.7. The number of amides is 1. The smallest absolute Gasteiger partial charge is 0.260 e. The van der Waals surface area contributed by atoms with Crippen molar-refractivity contribution < 1.29 is 17.9 Å². The van der Waals surface area contributed by atoms with E-state index >= 15 is 0 Å². The van der Waals surface area contributed by atoms with Crippen LogP contribution in [0.3, 0.4) is 0 Å². The summed E-state index contributed by atoms with van der Waals surface area (Å²) < 4.78 is 28.9. The van der Waals surface area contributed by atoms with Crippen LogP contribution < -0.4 is 4.74 Å². The van der Waals surface area contributed by atoms with Gasteiger partial charge in [0.2, 0.25) is 0 Å². The van der Waals surface area contributed by atoms with E-state index in [0.29, 0.717) is 28.8 Å². The van der Waals surface area contributed by atoms with Crippen molar-refractivity contribution in [3.8, 4) is 5.75 Å². The highest BCUT2D eigenvalue weighted by Gasteiger charge is 2.34. The van der Waals surface area contributed by atoms with Gasteiger partial charge in [0.1, 0.15) is 5.75 Å². The molecule has 1 aromatic rings. The number of rotatable bonds is 7. The summed E-state index contributed by atoms with van der Waals surface area (Å²) in [4.78, 5) is 14.2. The molecule has 24 heavy (non-hydrogen) atoms. The lowest BCUT2D eigenvalue weighted by atomic mass is 10.2. The summed E-state index contributed by atoms with van der Waals surface area (Å²) in [5.74, 6) is 0.267. The van der Waals surface area contributed by atoms with E-state index in [4.69, 9.17) is 27.9 Å². The van der Waals surface area contributed by atoms with Gasteiger partial charge < -0.3 is 9.64 Å². The van der Waals surface area contributed by atoms with Crippen molar-refractivity contribution in [2.75, 3.05) is 24.7 Å². The Labute approximate surface area is 152 Å². The molecule has 134 valence electrons. The van der Waals surface area contributed by atoms with Crippen molar-refractivity contribution >= 4 is 38.9 Å². The second kappa shape index (κ2) is 8.41. The predicted octanol–water partition coefficient (Wildman–Crippen LogP) is 3.19. The number of benzene rings is 1. The topological polar surface area (TPSA) is 63.7 Å². The lowest BCUT2D eigenvalue weighted by Crippen LogP contribution is -2.44. The molecule has 1 aromatic carbocycles. The van der Waals surface area contributed by atoms with Crippen LogP contribution in [-0.4, -0.2) is 49.9 Å². The van der Waals surface area contributed by atoms with Gasteiger partial charge in [-0.25, -0.2) is 8.42 Å². The molecule has 1 unspecified atom stereocenters. The average Bonchev–Trinajstić information content (AvgIpc) is 2.88. The lowest BCUT2D eigenvalue weighted by molar-refractivity contribution is -0.135. The first-order chi connectivity index (χ1) is 11.3. The quantitative estimate of drug-likeness (QED) is 0.713. The number of sulfone groups is 1. The molecule has 1 fully saturated rings. The number of carbonyl (C=O) groups is 1. The van der Waals surface area contributed by atoms with Gasteiger partial charge in [0.25, 0.3) is 5.91 Å². The molecular weight excluding hydrogens is 373 g/mol. The molecule has 0 bridgehead atoms. The summed E-state index contributed by atoms with van der Waals surface area (Å²) in [6, 6.07) is 4.51. The molecule has 1 heterocycles. The molecule has 0 spiro atoms. The molecule has 1 aliphatic rings. The Morgan fingerprint density at radius 1 is 1.38 bits per heavy atom. The molecule has 0 aliphatic carbocycles. The van der Waals surface area contributed by atoms with Crippen molar-refractivity contribution in [1.29, 1.82) is 0 Å². The first-order valence-electron chi connectivity index (χ1n) is 7.90. The van der Waals surface area contributed by atoms with E-state index in [2.05, 4.69) is 0 Å². The number of halogens is 2. The van der Waals surface area contributed by atoms with Crippen LogP contribution in [0.5, 0.6) is 5.75 Å². The Bertz CT molecular complexity index is 693. The molecule has 0 radical (unpaired) electrons. The Hall–Kier alpha value is -0.980. The van der Waals surface area contributed by atoms with Gasteiger partial charge in [-0.15, -0.1) is 0 Å². The van der Waals surface area contributed by atoms with Crippen LogP contribution in [0.25, 0.3) is 0 Å². The normalized spacial score (nSPS) is 19.2. The Balaban J connectivity index is 2.03. The monoisotopic (exact) mass is 393 g/mol. The highest BCUT2D eigenvalue weighted by molar-refractivity contribution is 7.91. The van der Waals surface area contributed by atoms with Gasteiger partial charge >= 0.3 is 0 Å². The van der Waals surface area contributed by atoms with Crippen molar-refractivity contribution in [3.63, 3.8) is 0 Å². The van der Waals surface area contributed by atoms with Gasteiger partial charge in [-0.05, 0) is 25.0 Å². The third-order valence-corrected chi connectivity index (χ3v) is 6.26. The second-order valence-corrected chi connectivity index (χ2v) is 8.93. The summed E-state index contributed by atoms with van der Waals surface area (Å²) in [7, 11) is -3.05. The van der Waals surface area contributed by atoms with Crippen LogP contribution in [0.1, 0.15) is 26.2 Å².